The highest BCUT2D eigenvalue weighted by atomic mass is 19.1. The molecule has 4 rings (SSSR count). The van der Waals surface area contributed by atoms with Crippen LogP contribution in [-0.4, -0.2) is 25.0 Å². The largest absolute Gasteiger partial charge is 0.492 e. The van der Waals surface area contributed by atoms with E-state index in [1.807, 2.05) is 24.3 Å². The molecule has 2 amide bonds. The number of carbonyl (C=O) groups excluding carboxylic acids is 2. The maximum atomic E-state index is 14.6. The van der Waals surface area contributed by atoms with Crippen LogP contribution < -0.4 is 14.4 Å². The minimum atomic E-state index is -0.639. The topological polar surface area (TPSA) is 55.8 Å². The van der Waals surface area contributed by atoms with Crippen LogP contribution in [0.15, 0.2) is 42.5 Å². The van der Waals surface area contributed by atoms with E-state index < -0.39 is 17.6 Å². The summed E-state index contributed by atoms with van der Waals surface area (Å²) in [5, 5.41) is 1.34. The Kier molecular flexibility index (Phi) is 4.70. The molecule has 5 nitrogen and oxygen atoms in total. The number of rotatable bonds is 5. The third-order valence-electron chi connectivity index (χ3n) is 4.88. The number of ether oxygens (including phenoxy) is 2. The molecule has 0 spiro atoms. The highest BCUT2D eigenvalue weighted by molar-refractivity contribution is 6.38. The first-order valence-electron chi connectivity index (χ1n) is 9.48. The van der Waals surface area contributed by atoms with Crippen molar-refractivity contribution in [3.63, 3.8) is 0 Å². The van der Waals surface area contributed by atoms with Crippen molar-refractivity contribution in [3.8, 4) is 11.5 Å². The zero-order valence-electron chi connectivity index (χ0n) is 16.4. The van der Waals surface area contributed by atoms with E-state index >= 15 is 0 Å². The number of aryl methyl sites for hydroxylation is 1. The van der Waals surface area contributed by atoms with Crippen molar-refractivity contribution in [1.29, 1.82) is 0 Å². The summed E-state index contributed by atoms with van der Waals surface area (Å²) in [5.41, 5.74) is 0.826. The quantitative estimate of drug-likeness (QED) is 0.580. The minimum Gasteiger partial charge on any atom is -0.492 e. The number of fused-ring (bicyclic) bond motifs is 2. The number of imide groups is 1. The van der Waals surface area contributed by atoms with Gasteiger partial charge in [0.15, 0.2) is 0 Å². The lowest BCUT2D eigenvalue weighted by Gasteiger charge is -2.15. The fourth-order valence-corrected chi connectivity index (χ4v) is 3.70. The average Bonchev–Trinajstić information content (AvgIpc) is 2.95. The molecule has 0 unspecified atom stereocenters. The van der Waals surface area contributed by atoms with Gasteiger partial charge >= 0.3 is 0 Å². The fourth-order valence-electron chi connectivity index (χ4n) is 3.70. The highest BCUT2D eigenvalue weighted by Gasteiger charge is 2.44. The Morgan fingerprint density at radius 2 is 1.38 bits per heavy atom. The maximum absolute atomic E-state index is 14.6. The molecule has 0 saturated heterocycles. The summed E-state index contributed by atoms with van der Waals surface area (Å²) in [6.07, 6.45) is 0. The summed E-state index contributed by atoms with van der Waals surface area (Å²) in [5.74, 6) is -1.25. The van der Waals surface area contributed by atoms with E-state index in [0.29, 0.717) is 41.0 Å². The summed E-state index contributed by atoms with van der Waals surface area (Å²) in [4.78, 5) is 27.6. The Morgan fingerprint density at radius 3 is 1.83 bits per heavy atom. The molecule has 0 aliphatic carbocycles. The second-order valence-electron chi connectivity index (χ2n) is 6.72. The second-order valence-corrected chi connectivity index (χ2v) is 6.72. The van der Waals surface area contributed by atoms with Crippen molar-refractivity contribution in [1.82, 2.24) is 0 Å². The Bertz CT molecular complexity index is 1090. The normalized spacial score (nSPS) is 13.2. The average molecular weight is 393 g/mol. The molecule has 0 fully saturated rings. The highest BCUT2D eigenvalue weighted by Crippen LogP contribution is 2.46. The second kappa shape index (κ2) is 7.20. The minimum absolute atomic E-state index is 0.0873. The molecule has 0 saturated carbocycles. The van der Waals surface area contributed by atoms with Crippen LogP contribution in [0.1, 0.15) is 40.1 Å². The van der Waals surface area contributed by atoms with Crippen LogP contribution in [0.5, 0.6) is 11.5 Å². The lowest BCUT2D eigenvalue weighted by molar-refractivity contribution is 0.0923. The first-order chi connectivity index (χ1) is 14.0. The van der Waals surface area contributed by atoms with Crippen molar-refractivity contribution in [2.75, 3.05) is 18.1 Å². The van der Waals surface area contributed by atoms with E-state index in [1.165, 1.54) is 12.1 Å². The third kappa shape index (κ3) is 2.83. The van der Waals surface area contributed by atoms with Crippen molar-refractivity contribution < 1.29 is 23.5 Å². The molecule has 1 aliphatic heterocycles. The first-order valence-corrected chi connectivity index (χ1v) is 9.48. The third-order valence-corrected chi connectivity index (χ3v) is 4.88. The van der Waals surface area contributed by atoms with Gasteiger partial charge in [-0.1, -0.05) is 30.3 Å². The zero-order chi connectivity index (χ0) is 20.7. The summed E-state index contributed by atoms with van der Waals surface area (Å²) >= 11 is 0. The summed E-state index contributed by atoms with van der Waals surface area (Å²) in [6.45, 7) is 5.96. The maximum Gasteiger partial charge on any atom is 0.270 e. The van der Waals surface area contributed by atoms with E-state index in [2.05, 4.69) is 0 Å². The van der Waals surface area contributed by atoms with Gasteiger partial charge < -0.3 is 9.47 Å². The van der Waals surface area contributed by atoms with Gasteiger partial charge in [-0.15, -0.1) is 0 Å². The van der Waals surface area contributed by atoms with Crippen LogP contribution in [0.25, 0.3) is 10.8 Å². The number of hydrogen-bond donors (Lipinski definition) is 0. The molecule has 3 aromatic carbocycles. The van der Waals surface area contributed by atoms with Gasteiger partial charge in [0.25, 0.3) is 11.8 Å². The molecule has 1 aliphatic rings. The smallest absolute Gasteiger partial charge is 0.270 e. The molecule has 0 bridgehead atoms. The van der Waals surface area contributed by atoms with Gasteiger partial charge in [-0.2, -0.15) is 0 Å². The van der Waals surface area contributed by atoms with Crippen LogP contribution >= 0.6 is 0 Å². The van der Waals surface area contributed by atoms with Gasteiger partial charge in [0.2, 0.25) is 0 Å². The SMILES string of the molecule is CCOc1c2c(c(OCC)c3ccccc13)C(=O)N(c1ccc(C)cc1F)C2=O. The first kappa shape index (κ1) is 18.9. The van der Waals surface area contributed by atoms with Gasteiger partial charge in [0, 0.05) is 10.8 Å². The number of nitrogens with zero attached hydrogens (tertiary/aromatic N) is 1. The molecular weight excluding hydrogens is 373 g/mol. The monoisotopic (exact) mass is 393 g/mol. The van der Waals surface area contributed by atoms with Crippen molar-refractivity contribution in [3.05, 3.63) is 65.0 Å². The zero-order valence-corrected chi connectivity index (χ0v) is 16.4. The van der Waals surface area contributed by atoms with Gasteiger partial charge in [0.05, 0.1) is 30.0 Å². The van der Waals surface area contributed by atoms with E-state index in [4.69, 9.17) is 9.47 Å². The van der Waals surface area contributed by atoms with E-state index in [-0.39, 0.29) is 16.8 Å². The van der Waals surface area contributed by atoms with Gasteiger partial charge in [-0.25, -0.2) is 9.29 Å². The molecule has 0 radical (unpaired) electrons. The van der Waals surface area contributed by atoms with Crippen molar-refractivity contribution in [2.24, 2.45) is 0 Å². The van der Waals surface area contributed by atoms with Crippen LogP contribution in [0.2, 0.25) is 0 Å². The van der Waals surface area contributed by atoms with Gasteiger partial charge in [0.1, 0.15) is 17.3 Å². The molecule has 0 atom stereocenters. The molecular formula is C23H20FNO4. The Hall–Kier alpha value is -3.41. The van der Waals surface area contributed by atoms with E-state index in [0.717, 1.165) is 4.90 Å². The summed E-state index contributed by atoms with van der Waals surface area (Å²) in [7, 11) is 0. The molecule has 6 heteroatoms. The fraction of sp³-hybridized carbons (Fsp3) is 0.217. The molecule has 1 heterocycles. The van der Waals surface area contributed by atoms with Crippen molar-refractivity contribution in [2.45, 2.75) is 20.8 Å². The van der Waals surface area contributed by atoms with Gasteiger partial charge in [-0.05, 0) is 38.5 Å². The number of benzene rings is 3. The summed E-state index contributed by atoms with van der Waals surface area (Å²) < 4.78 is 26.2. The predicted molar refractivity (Wildman–Crippen MR) is 109 cm³/mol. The lowest BCUT2D eigenvalue weighted by atomic mass is 9.99. The lowest BCUT2D eigenvalue weighted by Crippen LogP contribution is -2.30. The van der Waals surface area contributed by atoms with E-state index in [1.54, 1.807) is 26.8 Å². The number of amides is 2. The van der Waals surface area contributed by atoms with Crippen molar-refractivity contribution >= 4 is 28.3 Å². The molecule has 29 heavy (non-hydrogen) atoms. The number of anilines is 1. The Labute approximate surface area is 167 Å². The molecule has 0 N–H and O–H groups in total. The Balaban J connectivity index is 2.04. The van der Waals surface area contributed by atoms with Crippen LogP contribution in [0.3, 0.4) is 0 Å². The molecule has 0 aromatic heterocycles. The Morgan fingerprint density at radius 1 is 0.862 bits per heavy atom. The van der Waals surface area contributed by atoms with Crippen LogP contribution in [0, 0.1) is 12.7 Å². The standard InChI is InChI=1S/C23H20FNO4/c1-4-28-20-14-8-6-7-9-15(14)21(29-5-2)19-18(20)22(26)25(23(19)27)17-11-10-13(3)12-16(17)24/h6-12H,4-5H2,1-3H3. The van der Waals surface area contributed by atoms with E-state index in [9.17, 15) is 14.0 Å². The van der Waals surface area contributed by atoms with Crippen LogP contribution in [-0.2, 0) is 0 Å². The number of carbonyl (C=O) groups is 2. The number of halogens is 1. The van der Waals surface area contributed by atoms with Crippen LogP contribution in [0.4, 0.5) is 10.1 Å². The van der Waals surface area contributed by atoms with Gasteiger partial charge in [-0.3, -0.25) is 9.59 Å². The summed E-state index contributed by atoms with van der Waals surface area (Å²) in [6, 6.07) is 11.7. The molecule has 148 valence electrons. The molecule has 3 aromatic rings. The number of hydrogen-bond acceptors (Lipinski definition) is 4. The predicted octanol–water partition coefficient (Wildman–Crippen LogP) is 4.89.